The first-order chi connectivity index (χ1) is 14.4. The van der Waals surface area contributed by atoms with Gasteiger partial charge in [0.05, 0.1) is 16.1 Å². The van der Waals surface area contributed by atoms with Gasteiger partial charge in [-0.2, -0.15) is 0 Å². The summed E-state index contributed by atoms with van der Waals surface area (Å²) in [6.45, 7) is 1.96. The molecule has 0 spiro atoms. The van der Waals surface area contributed by atoms with E-state index >= 15 is 0 Å². The third-order valence-electron chi connectivity index (χ3n) is 4.51. The summed E-state index contributed by atoms with van der Waals surface area (Å²) in [5.74, 6) is -0.242. The Morgan fingerprint density at radius 3 is 2.53 bits per heavy atom. The van der Waals surface area contributed by atoms with Crippen LogP contribution in [-0.2, 0) is 0 Å². The molecule has 0 saturated heterocycles. The molecule has 0 saturated carbocycles. The van der Waals surface area contributed by atoms with Crippen molar-refractivity contribution in [3.63, 3.8) is 0 Å². The molecule has 148 valence electrons. The first kappa shape index (κ1) is 19.1. The number of hydrogen-bond donors (Lipinski definition) is 0. The lowest BCUT2D eigenvalue weighted by Crippen LogP contribution is -2.08. The van der Waals surface area contributed by atoms with E-state index in [0.29, 0.717) is 11.3 Å². The summed E-state index contributed by atoms with van der Waals surface area (Å²) in [6.07, 6.45) is 1.66. The predicted molar refractivity (Wildman–Crippen MR) is 109 cm³/mol. The maximum absolute atomic E-state index is 12.6. The number of fused-ring (bicyclic) bond motifs is 1. The molecule has 0 aromatic heterocycles. The Hall–Kier alpha value is -4.26. The number of nitro groups is 1. The molecule has 30 heavy (non-hydrogen) atoms. The van der Waals surface area contributed by atoms with Crippen LogP contribution >= 0.6 is 0 Å². The minimum Gasteiger partial charge on any atom is -0.452 e. The molecule has 0 unspecified atom stereocenters. The third-order valence-corrected chi connectivity index (χ3v) is 4.51. The molecule has 1 heterocycles. The van der Waals surface area contributed by atoms with Gasteiger partial charge in [0.1, 0.15) is 11.5 Å². The van der Waals surface area contributed by atoms with E-state index in [1.807, 2.05) is 31.2 Å². The Labute approximate surface area is 171 Å². The number of Topliss-reactive ketones (excluding diaryl/α,β-unsaturated/α-hetero) is 1. The SMILES string of the molecule is Cc1cccc(C=C2Oc3cc(OC(=O)c4ccc([N+](=O)[O-])cc4)ccc3C2=O)c1. The standard InChI is InChI=1S/C23H15NO6/c1-14-3-2-4-15(11-14)12-21-22(25)19-10-9-18(13-20(19)30-21)29-23(26)16-5-7-17(8-6-16)24(27)28/h2-13H,1H3. The second kappa shape index (κ2) is 7.63. The van der Waals surface area contributed by atoms with Crippen LogP contribution in [0.15, 0.2) is 72.5 Å². The number of hydrogen-bond acceptors (Lipinski definition) is 6. The maximum atomic E-state index is 12.6. The second-order valence-electron chi connectivity index (χ2n) is 6.71. The van der Waals surface area contributed by atoms with Gasteiger partial charge in [0.2, 0.25) is 5.78 Å². The van der Waals surface area contributed by atoms with Gasteiger partial charge >= 0.3 is 5.97 Å². The molecule has 7 nitrogen and oxygen atoms in total. The Morgan fingerprint density at radius 2 is 1.83 bits per heavy atom. The lowest BCUT2D eigenvalue weighted by molar-refractivity contribution is -0.384. The third kappa shape index (κ3) is 3.81. The molecule has 0 amide bonds. The molecule has 0 fully saturated rings. The molecule has 0 aliphatic carbocycles. The highest BCUT2D eigenvalue weighted by atomic mass is 16.6. The zero-order valence-electron chi connectivity index (χ0n) is 15.8. The van der Waals surface area contributed by atoms with Gasteiger partial charge in [0.15, 0.2) is 5.76 Å². The number of carbonyl (C=O) groups is 2. The molecule has 3 aromatic rings. The number of ketones is 1. The first-order valence-corrected chi connectivity index (χ1v) is 9.02. The van der Waals surface area contributed by atoms with Crippen LogP contribution < -0.4 is 9.47 Å². The molecule has 0 bridgehead atoms. The van der Waals surface area contributed by atoms with Crippen LogP contribution in [0.3, 0.4) is 0 Å². The van der Waals surface area contributed by atoms with Gasteiger partial charge in [-0.1, -0.05) is 29.8 Å². The Kier molecular flexibility index (Phi) is 4.85. The zero-order valence-corrected chi connectivity index (χ0v) is 15.8. The average molecular weight is 401 g/mol. The molecular weight excluding hydrogens is 386 g/mol. The Morgan fingerprint density at radius 1 is 1.07 bits per heavy atom. The zero-order chi connectivity index (χ0) is 21.3. The van der Waals surface area contributed by atoms with E-state index in [1.165, 1.54) is 42.5 Å². The fraction of sp³-hybridized carbons (Fsp3) is 0.0435. The van der Waals surface area contributed by atoms with Crippen LogP contribution in [0.5, 0.6) is 11.5 Å². The van der Waals surface area contributed by atoms with Crippen LogP contribution in [-0.4, -0.2) is 16.7 Å². The molecule has 0 radical (unpaired) electrons. The van der Waals surface area contributed by atoms with E-state index in [1.54, 1.807) is 6.08 Å². The van der Waals surface area contributed by atoms with Gasteiger partial charge in [0.25, 0.3) is 5.69 Å². The molecule has 0 N–H and O–H groups in total. The molecule has 7 heteroatoms. The van der Waals surface area contributed by atoms with Gasteiger partial charge in [-0.3, -0.25) is 14.9 Å². The number of nitrogens with zero attached hydrogens (tertiary/aromatic N) is 1. The molecule has 1 aliphatic heterocycles. The van der Waals surface area contributed by atoms with E-state index in [9.17, 15) is 19.7 Å². The van der Waals surface area contributed by atoms with Crippen molar-refractivity contribution in [1.82, 2.24) is 0 Å². The van der Waals surface area contributed by atoms with Crippen molar-refractivity contribution in [2.45, 2.75) is 6.92 Å². The number of esters is 1. The minimum absolute atomic E-state index is 0.121. The van der Waals surface area contributed by atoms with Gasteiger partial charge in [-0.25, -0.2) is 4.79 Å². The summed E-state index contributed by atoms with van der Waals surface area (Å²) in [5.41, 5.74) is 2.33. The highest BCUT2D eigenvalue weighted by molar-refractivity contribution is 6.14. The van der Waals surface area contributed by atoms with E-state index in [0.717, 1.165) is 11.1 Å². The quantitative estimate of drug-likeness (QED) is 0.206. The van der Waals surface area contributed by atoms with Crippen LogP contribution in [0.2, 0.25) is 0 Å². The van der Waals surface area contributed by atoms with E-state index in [4.69, 9.17) is 9.47 Å². The van der Waals surface area contributed by atoms with Crippen molar-refractivity contribution >= 4 is 23.5 Å². The minimum atomic E-state index is -0.676. The van der Waals surface area contributed by atoms with Crippen molar-refractivity contribution < 1.29 is 24.0 Å². The smallest absolute Gasteiger partial charge is 0.343 e. The monoisotopic (exact) mass is 401 g/mol. The number of carbonyl (C=O) groups excluding carboxylic acids is 2. The fourth-order valence-corrected chi connectivity index (χ4v) is 3.03. The van der Waals surface area contributed by atoms with Gasteiger partial charge < -0.3 is 9.47 Å². The second-order valence-corrected chi connectivity index (χ2v) is 6.71. The van der Waals surface area contributed by atoms with Gasteiger partial charge in [-0.05, 0) is 42.8 Å². The van der Waals surface area contributed by atoms with E-state index < -0.39 is 10.9 Å². The van der Waals surface area contributed by atoms with E-state index in [2.05, 4.69) is 0 Å². The molecule has 1 aliphatic rings. The van der Waals surface area contributed by atoms with Crippen LogP contribution in [0.25, 0.3) is 6.08 Å². The number of benzene rings is 3. The Balaban J connectivity index is 1.52. The first-order valence-electron chi connectivity index (χ1n) is 9.02. The Bertz CT molecular complexity index is 1210. The number of ether oxygens (including phenoxy) is 2. The molecule has 4 rings (SSSR count). The van der Waals surface area contributed by atoms with Crippen molar-refractivity contribution in [1.29, 1.82) is 0 Å². The van der Waals surface area contributed by atoms with Crippen molar-refractivity contribution in [2.24, 2.45) is 0 Å². The van der Waals surface area contributed by atoms with Crippen molar-refractivity contribution in [2.75, 3.05) is 0 Å². The summed E-state index contributed by atoms with van der Waals surface area (Å²) < 4.78 is 11.0. The summed E-state index contributed by atoms with van der Waals surface area (Å²) >= 11 is 0. The summed E-state index contributed by atoms with van der Waals surface area (Å²) in [4.78, 5) is 35.0. The number of nitro benzene ring substituents is 1. The largest absolute Gasteiger partial charge is 0.452 e. The van der Waals surface area contributed by atoms with Gasteiger partial charge in [0, 0.05) is 18.2 Å². The normalized spacial score (nSPS) is 13.6. The number of non-ortho nitro benzene ring substituents is 1. The number of rotatable bonds is 4. The molecule has 0 atom stereocenters. The highest BCUT2D eigenvalue weighted by Crippen LogP contribution is 2.35. The topological polar surface area (TPSA) is 95.7 Å². The molecular formula is C23H15NO6. The van der Waals surface area contributed by atoms with Crippen LogP contribution in [0.1, 0.15) is 31.8 Å². The lowest BCUT2D eigenvalue weighted by atomic mass is 10.1. The van der Waals surface area contributed by atoms with Crippen LogP contribution in [0, 0.1) is 17.0 Å². The predicted octanol–water partition coefficient (Wildman–Crippen LogP) is 4.74. The van der Waals surface area contributed by atoms with Crippen LogP contribution in [0.4, 0.5) is 5.69 Å². The van der Waals surface area contributed by atoms with E-state index in [-0.39, 0.29) is 28.5 Å². The summed E-state index contributed by atoms with van der Waals surface area (Å²) in [6, 6.07) is 17.2. The molecule has 3 aromatic carbocycles. The average Bonchev–Trinajstić information content (AvgIpc) is 3.03. The number of aryl methyl sites for hydroxylation is 1. The lowest BCUT2D eigenvalue weighted by Gasteiger charge is -2.05. The van der Waals surface area contributed by atoms with Crippen molar-refractivity contribution in [3.05, 3.63) is 105 Å². The fourth-order valence-electron chi connectivity index (χ4n) is 3.03. The summed E-state index contributed by atoms with van der Waals surface area (Å²) in [7, 11) is 0. The summed E-state index contributed by atoms with van der Waals surface area (Å²) in [5, 5.41) is 10.7. The van der Waals surface area contributed by atoms with Gasteiger partial charge in [-0.15, -0.1) is 0 Å². The highest BCUT2D eigenvalue weighted by Gasteiger charge is 2.28. The van der Waals surface area contributed by atoms with Crippen molar-refractivity contribution in [3.8, 4) is 11.5 Å². The number of allylic oxidation sites excluding steroid dienone is 1. The maximum Gasteiger partial charge on any atom is 0.343 e.